The van der Waals surface area contributed by atoms with Crippen LogP contribution in [0.2, 0.25) is 0 Å². The van der Waals surface area contributed by atoms with Gasteiger partial charge in [0.1, 0.15) is 0 Å². The third kappa shape index (κ3) is 4.44. The van der Waals surface area contributed by atoms with E-state index in [1.54, 1.807) is 0 Å². The van der Waals surface area contributed by atoms with E-state index in [0.717, 1.165) is 0 Å². The van der Waals surface area contributed by atoms with Gasteiger partial charge in [-0.05, 0) is 117 Å². The summed E-state index contributed by atoms with van der Waals surface area (Å²) in [4.78, 5) is 0. The molecule has 0 N–H and O–H groups in total. The number of rotatable bonds is 5. The van der Waals surface area contributed by atoms with Crippen LogP contribution in [0.15, 0.2) is 218 Å². The lowest BCUT2D eigenvalue weighted by atomic mass is 9.67. The molecule has 12 rings (SSSR count). The van der Waals surface area contributed by atoms with Crippen LogP contribution >= 0.6 is 0 Å². The molecule has 0 heteroatoms. The van der Waals surface area contributed by atoms with E-state index in [1.165, 1.54) is 111 Å². The third-order valence-electron chi connectivity index (χ3n) is 12.7. The normalized spacial score (nSPS) is 13.1. The van der Waals surface area contributed by atoms with Crippen LogP contribution in [0.25, 0.3) is 88.3 Å². The van der Waals surface area contributed by atoms with Gasteiger partial charge < -0.3 is 0 Å². The van der Waals surface area contributed by atoms with Gasteiger partial charge in [0, 0.05) is 0 Å². The summed E-state index contributed by atoms with van der Waals surface area (Å²) in [7, 11) is 0. The first kappa shape index (κ1) is 32.0. The first-order valence-corrected chi connectivity index (χ1v) is 19.9. The van der Waals surface area contributed by atoms with Gasteiger partial charge in [-0.25, -0.2) is 0 Å². The van der Waals surface area contributed by atoms with Crippen molar-refractivity contribution in [1.82, 2.24) is 0 Å². The Hall–Kier alpha value is -7.28. The standard InChI is InChI=1S/C57H36/c1-5-18-37(19-6-1)52-46-27-13-14-28-47(46)53(38-20-7-2-8-21-38)56-49-35-34-42(45-29-17-30-48(54(45)49)55(52)56)39-32-33-44-43-26-15-16-31-50(43)57(51(44)36-39,40-22-9-3-10-23-40)41-24-11-4-12-25-41/h1-36H. The van der Waals surface area contributed by atoms with Crippen LogP contribution in [0.1, 0.15) is 22.3 Å². The van der Waals surface area contributed by atoms with E-state index >= 15 is 0 Å². The van der Waals surface area contributed by atoms with Gasteiger partial charge in [-0.2, -0.15) is 0 Å². The lowest BCUT2D eigenvalue weighted by Gasteiger charge is -2.34. The summed E-state index contributed by atoms with van der Waals surface area (Å²) in [6.07, 6.45) is 0. The average Bonchev–Trinajstić information content (AvgIpc) is 3.78. The SMILES string of the molecule is c1ccc(-c2c3c(c(-c4ccccc4)c4ccccc24)-c2ccc(-c4ccc5c(c4)C(c4ccccc4)(c4ccccc4)c4ccccc4-5)c4cccc-3c24)cc1. The van der Waals surface area contributed by atoms with Gasteiger partial charge in [-0.1, -0.05) is 212 Å². The Morgan fingerprint density at radius 1 is 0.246 bits per heavy atom. The Bertz CT molecular complexity index is 3060. The van der Waals surface area contributed by atoms with E-state index in [1.807, 2.05) is 0 Å². The quantitative estimate of drug-likeness (QED) is 0.166. The second-order valence-electron chi connectivity index (χ2n) is 15.5. The highest BCUT2D eigenvalue weighted by atomic mass is 14.5. The highest BCUT2D eigenvalue weighted by Gasteiger charge is 2.46. The molecule has 0 heterocycles. The molecule has 0 spiro atoms. The molecular weight excluding hydrogens is 685 g/mol. The number of hydrogen-bond donors (Lipinski definition) is 0. The van der Waals surface area contributed by atoms with Crippen molar-refractivity contribution in [1.29, 1.82) is 0 Å². The molecular formula is C57H36. The third-order valence-corrected chi connectivity index (χ3v) is 12.7. The maximum Gasteiger partial charge on any atom is 0.0713 e. The minimum Gasteiger partial charge on any atom is -0.0622 e. The fraction of sp³-hybridized carbons (Fsp3) is 0.0175. The molecule has 57 heavy (non-hydrogen) atoms. The monoisotopic (exact) mass is 720 g/mol. The van der Waals surface area contributed by atoms with Gasteiger partial charge >= 0.3 is 0 Å². The molecule has 0 radical (unpaired) electrons. The topological polar surface area (TPSA) is 0 Å². The molecule has 2 aliphatic rings. The fourth-order valence-corrected chi connectivity index (χ4v) is 10.5. The molecule has 0 nitrogen and oxygen atoms in total. The molecule has 0 aromatic heterocycles. The number of hydrogen-bond acceptors (Lipinski definition) is 0. The van der Waals surface area contributed by atoms with Crippen LogP contribution in [0.5, 0.6) is 0 Å². The minimum absolute atomic E-state index is 0.454. The molecule has 10 aromatic carbocycles. The highest BCUT2D eigenvalue weighted by molar-refractivity contribution is 6.28. The van der Waals surface area contributed by atoms with Crippen LogP contribution in [-0.4, -0.2) is 0 Å². The number of fused-ring (bicyclic) bond motifs is 7. The van der Waals surface area contributed by atoms with Gasteiger partial charge in [-0.15, -0.1) is 0 Å². The van der Waals surface area contributed by atoms with E-state index < -0.39 is 5.41 Å². The Morgan fingerprint density at radius 2 is 0.684 bits per heavy atom. The summed E-state index contributed by atoms with van der Waals surface area (Å²) in [6, 6.07) is 81.2. The Balaban J connectivity index is 1.15. The second kappa shape index (κ2) is 12.4. The molecule has 0 fully saturated rings. The largest absolute Gasteiger partial charge is 0.0713 e. The molecule has 2 aliphatic carbocycles. The van der Waals surface area contributed by atoms with Gasteiger partial charge in [0.2, 0.25) is 0 Å². The van der Waals surface area contributed by atoms with E-state index in [9.17, 15) is 0 Å². The predicted molar refractivity (Wildman–Crippen MR) is 239 cm³/mol. The highest BCUT2D eigenvalue weighted by Crippen LogP contribution is 2.60. The van der Waals surface area contributed by atoms with Crippen molar-refractivity contribution in [3.63, 3.8) is 0 Å². The molecule has 10 aromatic rings. The lowest BCUT2D eigenvalue weighted by Crippen LogP contribution is -2.28. The van der Waals surface area contributed by atoms with Crippen molar-refractivity contribution >= 4 is 21.5 Å². The zero-order valence-corrected chi connectivity index (χ0v) is 31.3. The van der Waals surface area contributed by atoms with Crippen molar-refractivity contribution in [3.8, 4) is 66.8 Å². The van der Waals surface area contributed by atoms with Crippen molar-refractivity contribution in [2.75, 3.05) is 0 Å². The summed E-state index contributed by atoms with van der Waals surface area (Å²) in [5.74, 6) is 0. The molecule has 0 saturated heterocycles. The van der Waals surface area contributed by atoms with Crippen molar-refractivity contribution < 1.29 is 0 Å². The summed E-state index contributed by atoms with van der Waals surface area (Å²) in [5, 5.41) is 5.17. The van der Waals surface area contributed by atoms with Crippen LogP contribution < -0.4 is 0 Å². The zero-order chi connectivity index (χ0) is 37.5. The first-order valence-electron chi connectivity index (χ1n) is 19.9. The van der Waals surface area contributed by atoms with Crippen LogP contribution in [0.3, 0.4) is 0 Å². The molecule has 0 amide bonds. The maximum atomic E-state index is 2.50. The lowest BCUT2D eigenvalue weighted by molar-refractivity contribution is 0.769. The summed E-state index contributed by atoms with van der Waals surface area (Å²) >= 11 is 0. The van der Waals surface area contributed by atoms with Gasteiger partial charge in [0.05, 0.1) is 5.41 Å². The van der Waals surface area contributed by atoms with Crippen LogP contribution in [0, 0.1) is 0 Å². The van der Waals surface area contributed by atoms with Crippen LogP contribution in [0.4, 0.5) is 0 Å². The summed E-state index contributed by atoms with van der Waals surface area (Å²) in [5.41, 5.74) is 20.2. The molecule has 264 valence electrons. The first-order chi connectivity index (χ1) is 28.3. The van der Waals surface area contributed by atoms with E-state index in [-0.39, 0.29) is 0 Å². The number of benzene rings is 10. The molecule has 0 atom stereocenters. The van der Waals surface area contributed by atoms with Crippen molar-refractivity contribution in [2.24, 2.45) is 0 Å². The van der Waals surface area contributed by atoms with E-state index in [4.69, 9.17) is 0 Å². The summed E-state index contributed by atoms with van der Waals surface area (Å²) in [6.45, 7) is 0. The second-order valence-corrected chi connectivity index (χ2v) is 15.5. The smallest absolute Gasteiger partial charge is 0.0622 e. The Labute approximate surface area is 333 Å². The van der Waals surface area contributed by atoms with E-state index in [2.05, 4.69) is 218 Å². The van der Waals surface area contributed by atoms with Gasteiger partial charge in [0.15, 0.2) is 0 Å². The van der Waals surface area contributed by atoms with Gasteiger partial charge in [-0.3, -0.25) is 0 Å². The molecule has 0 bridgehead atoms. The zero-order valence-electron chi connectivity index (χ0n) is 31.3. The summed E-state index contributed by atoms with van der Waals surface area (Å²) < 4.78 is 0. The average molecular weight is 721 g/mol. The fourth-order valence-electron chi connectivity index (χ4n) is 10.5. The van der Waals surface area contributed by atoms with Crippen molar-refractivity contribution in [2.45, 2.75) is 5.41 Å². The van der Waals surface area contributed by atoms with Gasteiger partial charge in [0.25, 0.3) is 0 Å². The Kier molecular flexibility index (Phi) is 6.94. The minimum atomic E-state index is -0.454. The van der Waals surface area contributed by atoms with E-state index in [0.29, 0.717) is 0 Å². The van der Waals surface area contributed by atoms with Crippen LogP contribution in [-0.2, 0) is 5.41 Å². The molecule has 0 unspecified atom stereocenters. The van der Waals surface area contributed by atoms with Crippen molar-refractivity contribution in [3.05, 3.63) is 241 Å². The predicted octanol–water partition coefficient (Wildman–Crippen LogP) is 15.0. The molecule has 0 saturated carbocycles. The molecule has 0 aliphatic heterocycles. The maximum absolute atomic E-state index is 2.50. The Morgan fingerprint density at radius 3 is 1.30 bits per heavy atom.